The highest BCUT2D eigenvalue weighted by Crippen LogP contribution is 2.47. The first-order valence-corrected chi connectivity index (χ1v) is 9.16. The molecule has 1 aliphatic heterocycles. The Kier molecular flexibility index (Phi) is 3.49. The molecule has 0 radical (unpaired) electrons. The van der Waals surface area contributed by atoms with Crippen LogP contribution in [-0.2, 0) is 0 Å². The SMILES string of the molecule is Cc1ccc(C2Nc3ccccc3-c3c(Cl)cnc4[nH]cc2c34)c(Cl)c1. The minimum absolute atomic E-state index is 0.0977. The van der Waals surface area contributed by atoms with Gasteiger partial charge in [0.25, 0.3) is 0 Å². The molecular formula is C21H15Cl2N3. The number of anilines is 1. The number of rotatable bonds is 1. The van der Waals surface area contributed by atoms with E-state index in [2.05, 4.69) is 39.6 Å². The quantitative estimate of drug-likeness (QED) is 0.403. The van der Waals surface area contributed by atoms with Gasteiger partial charge >= 0.3 is 0 Å². The van der Waals surface area contributed by atoms with Crippen molar-refractivity contribution in [1.29, 1.82) is 0 Å². The number of aromatic amines is 1. The molecule has 5 heteroatoms. The lowest BCUT2D eigenvalue weighted by molar-refractivity contribution is 0.952. The van der Waals surface area contributed by atoms with Gasteiger partial charge in [-0.1, -0.05) is 53.5 Å². The number of H-pyrrole nitrogens is 1. The molecule has 4 aromatic rings. The van der Waals surface area contributed by atoms with Crippen molar-refractivity contribution in [3.63, 3.8) is 0 Å². The maximum atomic E-state index is 6.61. The van der Waals surface area contributed by atoms with Crippen LogP contribution >= 0.6 is 23.2 Å². The summed E-state index contributed by atoms with van der Waals surface area (Å²) in [6, 6.07) is 14.3. The van der Waals surface area contributed by atoms with Gasteiger partial charge in [-0.05, 0) is 30.2 Å². The van der Waals surface area contributed by atoms with Gasteiger partial charge < -0.3 is 10.3 Å². The van der Waals surface area contributed by atoms with Crippen LogP contribution in [0.15, 0.2) is 54.9 Å². The molecule has 2 aromatic carbocycles. The van der Waals surface area contributed by atoms with Gasteiger partial charge in [-0.2, -0.15) is 0 Å². The molecule has 0 spiro atoms. The zero-order valence-electron chi connectivity index (χ0n) is 14.0. The normalized spacial score (nSPS) is 15.4. The number of nitrogens with one attached hydrogen (secondary N) is 2. The molecular weight excluding hydrogens is 365 g/mol. The molecule has 2 aromatic heterocycles. The molecule has 3 nitrogen and oxygen atoms in total. The second kappa shape index (κ2) is 5.76. The molecule has 0 fully saturated rings. The van der Waals surface area contributed by atoms with E-state index in [1.165, 1.54) is 0 Å². The Bertz CT molecular complexity index is 1160. The van der Waals surface area contributed by atoms with E-state index in [1.54, 1.807) is 6.20 Å². The summed E-state index contributed by atoms with van der Waals surface area (Å²) < 4.78 is 0. The Morgan fingerprint density at radius 1 is 1.00 bits per heavy atom. The van der Waals surface area contributed by atoms with Gasteiger partial charge in [-0.25, -0.2) is 4.98 Å². The number of halogens is 2. The predicted octanol–water partition coefficient (Wildman–Crippen LogP) is 6.36. The summed E-state index contributed by atoms with van der Waals surface area (Å²) in [5.41, 5.74) is 7.17. The smallest absolute Gasteiger partial charge is 0.138 e. The van der Waals surface area contributed by atoms with Crippen LogP contribution in [0.4, 0.5) is 5.69 Å². The molecule has 2 N–H and O–H groups in total. The average Bonchev–Trinajstić information content (AvgIpc) is 2.98. The summed E-state index contributed by atoms with van der Waals surface area (Å²) in [7, 11) is 0. The van der Waals surface area contributed by atoms with Crippen LogP contribution in [0.5, 0.6) is 0 Å². The number of nitrogens with zero attached hydrogens (tertiary/aromatic N) is 1. The maximum Gasteiger partial charge on any atom is 0.138 e. The van der Waals surface area contributed by atoms with E-state index in [1.807, 2.05) is 31.3 Å². The number of hydrogen-bond donors (Lipinski definition) is 2. The van der Waals surface area contributed by atoms with E-state index in [4.69, 9.17) is 23.2 Å². The number of aromatic nitrogens is 2. The Morgan fingerprint density at radius 2 is 1.85 bits per heavy atom. The Morgan fingerprint density at radius 3 is 2.69 bits per heavy atom. The molecule has 5 rings (SSSR count). The molecule has 0 aliphatic carbocycles. The van der Waals surface area contributed by atoms with Crippen LogP contribution in [0, 0.1) is 6.92 Å². The van der Waals surface area contributed by atoms with Crippen molar-refractivity contribution in [1.82, 2.24) is 9.97 Å². The zero-order valence-corrected chi connectivity index (χ0v) is 15.5. The fourth-order valence-corrected chi connectivity index (χ4v) is 4.35. The molecule has 0 bridgehead atoms. The van der Waals surface area contributed by atoms with E-state index in [-0.39, 0.29) is 6.04 Å². The van der Waals surface area contributed by atoms with Gasteiger partial charge in [-0.3, -0.25) is 0 Å². The van der Waals surface area contributed by atoms with Gasteiger partial charge in [0.2, 0.25) is 0 Å². The summed E-state index contributed by atoms with van der Waals surface area (Å²) >= 11 is 13.2. The van der Waals surface area contributed by atoms with Gasteiger partial charge in [-0.15, -0.1) is 0 Å². The van der Waals surface area contributed by atoms with Crippen molar-refractivity contribution in [2.45, 2.75) is 13.0 Å². The summed E-state index contributed by atoms with van der Waals surface area (Å²) in [5.74, 6) is 0. The molecule has 0 saturated heterocycles. The molecule has 3 heterocycles. The average molecular weight is 380 g/mol. The Hall–Kier alpha value is -2.49. The van der Waals surface area contributed by atoms with Crippen molar-refractivity contribution < 1.29 is 0 Å². The van der Waals surface area contributed by atoms with E-state index < -0.39 is 0 Å². The van der Waals surface area contributed by atoms with Crippen LogP contribution < -0.4 is 5.32 Å². The van der Waals surface area contributed by atoms with E-state index in [9.17, 15) is 0 Å². The first kappa shape index (κ1) is 15.7. The molecule has 1 aliphatic rings. The molecule has 0 saturated carbocycles. The molecule has 26 heavy (non-hydrogen) atoms. The van der Waals surface area contributed by atoms with Gasteiger partial charge in [0.05, 0.1) is 11.1 Å². The first-order chi connectivity index (χ1) is 12.6. The summed E-state index contributed by atoms with van der Waals surface area (Å²) in [5, 5.41) is 6.09. The van der Waals surface area contributed by atoms with Crippen molar-refractivity contribution >= 4 is 39.9 Å². The minimum Gasteiger partial charge on any atom is -0.374 e. The third-order valence-electron chi connectivity index (χ3n) is 4.96. The van der Waals surface area contributed by atoms with Gasteiger partial charge in [0.1, 0.15) is 5.65 Å². The summed E-state index contributed by atoms with van der Waals surface area (Å²) in [6.07, 6.45) is 3.70. The molecule has 1 atom stereocenters. The highest BCUT2D eigenvalue weighted by atomic mass is 35.5. The van der Waals surface area contributed by atoms with Crippen LogP contribution in [0.1, 0.15) is 22.7 Å². The molecule has 1 unspecified atom stereocenters. The minimum atomic E-state index is -0.0977. The zero-order chi connectivity index (χ0) is 17.8. The van der Waals surface area contributed by atoms with Crippen LogP contribution in [0.25, 0.3) is 22.2 Å². The maximum absolute atomic E-state index is 6.61. The lowest BCUT2D eigenvalue weighted by Gasteiger charge is -2.21. The van der Waals surface area contributed by atoms with Gasteiger partial charge in [0, 0.05) is 45.2 Å². The van der Waals surface area contributed by atoms with Gasteiger partial charge in [0.15, 0.2) is 0 Å². The number of hydrogen-bond acceptors (Lipinski definition) is 2. The van der Waals surface area contributed by atoms with E-state index >= 15 is 0 Å². The number of para-hydroxylation sites is 1. The van der Waals surface area contributed by atoms with Crippen LogP contribution in [0.2, 0.25) is 10.0 Å². The standard InChI is InChI=1S/C21H15Cl2N3/c1-11-6-7-12(15(22)8-11)20-14-9-24-21-19(14)18(16(23)10-25-21)13-4-2-3-5-17(13)26-20/h2-10,20,26H,1H3,(H,24,25). The van der Waals surface area contributed by atoms with Crippen molar-refractivity contribution in [2.75, 3.05) is 5.32 Å². The van der Waals surface area contributed by atoms with Crippen molar-refractivity contribution in [3.05, 3.63) is 81.6 Å². The fourth-order valence-electron chi connectivity index (χ4n) is 3.76. The topological polar surface area (TPSA) is 40.7 Å². The number of pyridine rings is 1. The third kappa shape index (κ3) is 2.24. The number of aryl methyl sites for hydroxylation is 1. The lowest BCUT2D eigenvalue weighted by atomic mass is 9.96. The third-order valence-corrected chi connectivity index (χ3v) is 5.57. The van der Waals surface area contributed by atoms with Crippen LogP contribution in [-0.4, -0.2) is 9.97 Å². The fraction of sp³-hybridized carbons (Fsp3) is 0.0952. The van der Waals surface area contributed by atoms with E-state index in [0.717, 1.165) is 49.6 Å². The lowest BCUT2D eigenvalue weighted by Crippen LogP contribution is -2.12. The first-order valence-electron chi connectivity index (χ1n) is 8.41. The second-order valence-corrected chi connectivity index (χ2v) is 7.41. The monoisotopic (exact) mass is 379 g/mol. The van der Waals surface area contributed by atoms with Crippen molar-refractivity contribution in [3.8, 4) is 11.1 Å². The van der Waals surface area contributed by atoms with E-state index in [0.29, 0.717) is 5.02 Å². The Balaban J connectivity index is 1.87. The predicted molar refractivity (Wildman–Crippen MR) is 108 cm³/mol. The summed E-state index contributed by atoms with van der Waals surface area (Å²) in [6.45, 7) is 2.04. The molecule has 128 valence electrons. The Labute approximate surface area is 161 Å². The highest BCUT2D eigenvalue weighted by molar-refractivity contribution is 6.35. The highest BCUT2D eigenvalue weighted by Gasteiger charge is 2.28. The molecule has 0 amide bonds. The second-order valence-electron chi connectivity index (χ2n) is 6.60. The van der Waals surface area contributed by atoms with Crippen molar-refractivity contribution in [2.24, 2.45) is 0 Å². The number of benzene rings is 2. The summed E-state index contributed by atoms with van der Waals surface area (Å²) in [4.78, 5) is 7.76. The van der Waals surface area contributed by atoms with Crippen LogP contribution in [0.3, 0.4) is 0 Å². The largest absolute Gasteiger partial charge is 0.374 e. The number of fused-ring (bicyclic) bond motifs is 2.